The number of para-hydroxylation sites is 1. The lowest BCUT2D eigenvalue weighted by atomic mass is 10.0. The highest BCUT2D eigenvalue weighted by Gasteiger charge is 2.25. The quantitative estimate of drug-likeness (QED) is 0.199. The Morgan fingerprint density at radius 1 is 0.467 bits per heavy atom. The fourth-order valence-electron chi connectivity index (χ4n) is 6.87. The minimum absolute atomic E-state index is 0.716. The van der Waals surface area contributed by atoms with Crippen LogP contribution >= 0.6 is 22.7 Å². The van der Waals surface area contributed by atoms with Gasteiger partial charge in [0.2, 0.25) is 0 Å². The molecule has 10 aromatic rings. The molecule has 10 rings (SSSR count). The Morgan fingerprint density at radius 2 is 1.02 bits per heavy atom. The van der Waals surface area contributed by atoms with E-state index < -0.39 is 0 Å². The summed E-state index contributed by atoms with van der Waals surface area (Å²) >= 11 is 3.78. The lowest BCUT2D eigenvalue weighted by Crippen LogP contribution is -2.02. The predicted octanol–water partition coefficient (Wildman–Crippen LogP) is 11.6. The van der Waals surface area contributed by atoms with Gasteiger partial charge in [0, 0.05) is 63.6 Å². The molecule has 0 aliphatic rings. The third kappa shape index (κ3) is 3.62. The van der Waals surface area contributed by atoms with Crippen LogP contribution in [0.1, 0.15) is 0 Å². The topological polar surface area (TPSA) is 30.7 Å². The molecule has 0 atom stereocenters. The zero-order chi connectivity index (χ0) is 29.5. The molecule has 0 saturated heterocycles. The van der Waals surface area contributed by atoms with E-state index in [0.717, 1.165) is 28.2 Å². The van der Waals surface area contributed by atoms with Crippen molar-refractivity contribution in [1.29, 1.82) is 0 Å². The van der Waals surface area contributed by atoms with Crippen LogP contribution in [0.15, 0.2) is 140 Å². The molecular weight excluding hydrogens is 587 g/mol. The zero-order valence-electron chi connectivity index (χ0n) is 23.9. The van der Waals surface area contributed by atoms with Crippen molar-refractivity contribution in [3.05, 3.63) is 140 Å². The van der Waals surface area contributed by atoms with Gasteiger partial charge in [0.25, 0.3) is 0 Å². The van der Waals surface area contributed by atoms with Crippen molar-refractivity contribution in [3.8, 4) is 28.5 Å². The maximum atomic E-state index is 5.32. The SMILES string of the molecule is c1ccc(-c2cc(-n3c4ccccc4c4c5sc6ccccc6c5c5c6ccccc6sc5c43)nc(-c3ccccc3)n2)cc1. The van der Waals surface area contributed by atoms with E-state index in [1.165, 1.54) is 56.6 Å². The Bertz CT molecular complexity index is 2700. The Balaban J connectivity index is 1.44. The van der Waals surface area contributed by atoms with Crippen molar-refractivity contribution in [2.24, 2.45) is 0 Å². The first-order valence-corrected chi connectivity index (χ1v) is 16.6. The van der Waals surface area contributed by atoms with Gasteiger partial charge in [-0.15, -0.1) is 22.7 Å². The largest absolute Gasteiger partial charge is 0.292 e. The van der Waals surface area contributed by atoms with Gasteiger partial charge in [0.1, 0.15) is 5.82 Å². The number of benzene rings is 6. The second-order valence-corrected chi connectivity index (χ2v) is 13.5. The molecule has 6 aromatic carbocycles. The fraction of sp³-hybridized carbons (Fsp3) is 0. The number of thiophene rings is 2. The highest BCUT2D eigenvalue weighted by molar-refractivity contribution is 7.29. The van der Waals surface area contributed by atoms with Crippen LogP contribution < -0.4 is 0 Å². The summed E-state index contributed by atoms with van der Waals surface area (Å²) in [6.07, 6.45) is 0. The highest BCUT2D eigenvalue weighted by atomic mass is 32.1. The van der Waals surface area contributed by atoms with Crippen LogP contribution in [0, 0.1) is 0 Å². The van der Waals surface area contributed by atoms with Crippen LogP contribution in [-0.2, 0) is 0 Å². The highest BCUT2D eigenvalue weighted by Crippen LogP contribution is 2.52. The second kappa shape index (κ2) is 9.57. The van der Waals surface area contributed by atoms with E-state index in [-0.39, 0.29) is 0 Å². The average Bonchev–Trinajstić information content (AvgIpc) is 3.78. The molecule has 5 heteroatoms. The molecule has 0 fully saturated rings. The summed E-state index contributed by atoms with van der Waals surface area (Å²) < 4.78 is 7.63. The minimum Gasteiger partial charge on any atom is -0.292 e. The summed E-state index contributed by atoms with van der Waals surface area (Å²) in [5, 5.41) is 7.86. The Kier molecular flexibility index (Phi) is 5.32. The Hall–Kier alpha value is -5.36. The lowest BCUT2D eigenvalue weighted by molar-refractivity contribution is 1.05. The van der Waals surface area contributed by atoms with Crippen molar-refractivity contribution in [1.82, 2.24) is 14.5 Å². The summed E-state index contributed by atoms with van der Waals surface area (Å²) in [7, 11) is 0. The molecule has 210 valence electrons. The molecule has 0 aliphatic carbocycles. The lowest BCUT2D eigenvalue weighted by Gasteiger charge is -2.12. The summed E-state index contributed by atoms with van der Waals surface area (Å²) in [6.45, 7) is 0. The molecule has 0 radical (unpaired) electrons. The first-order valence-electron chi connectivity index (χ1n) is 15.0. The van der Waals surface area contributed by atoms with Crippen LogP contribution in [0.2, 0.25) is 0 Å². The molecule has 0 unspecified atom stereocenters. The van der Waals surface area contributed by atoms with Crippen LogP contribution in [0.5, 0.6) is 0 Å². The van der Waals surface area contributed by atoms with Gasteiger partial charge in [-0.2, -0.15) is 0 Å². The van der Waals surface area contributed by atoms with E-state index >= 15 is 0 Å². The number of nitrogens with zero attached hydrogens (tertiary/aromatic N) is 3. The van der Waals surface area contributed by atoms with E-state index in [9.17, 15) is 0 Å². The van der Waals surface area contributed by atoms with Gasteiger partial charge in [-0.1, -0.05) is 115 Å². The molecule has 3 nitrogen and oxygen atoms in total. The Labute approximate surface area is 266 Å². The van der Waals surface area contributed by atoms with Gasteiger partial charge in [-0.3, -0.25) is 4.57 Å². The van der Waals surface area contributed by atoms with Gasteiger partial charge in [0.15, 0.2) is 5.82 Å². The van der Waals surface area contributed by atoms with Crippen molar-refractivity contribution in [3.63, 3.8) is 0 Å². The molecule has 0 bridgehead atoms. The average molecular weight is 610 g/mol. The third-order valence-corrected chi connectivity index (χ3v) is 11.2. The maximum absolute atomic E-state index is 5.32. The van der Waals surface area contributed by atoms with Gasteiger partial charge >= 0.3 is 0 Å². The molecule has 0 aliphatic heterocycles. The molecule has 0 saturated carbocycles. The fourth-order valence-corrected chi connectivity index (χ4v) is 9.40. The van der Waals surface area contributed by atoms with E-state index in [2.05, 4.69) is 120 Å². The standard InChI is InChI=1S/C40H23N3S2/c1-3-13-24(14-4-1)29-23-33(42-40(41-29)25-15-5-2-6-16-25)43-30-20-10-7-17-26(30)36-37(43)39-35(28-19-9-12-22-32(28)45-39)34-27-18-8-11-21-31(27)44-38(34)36/h1-23H. The van der Waals surface area contributed by atoms with Crippen molar-refractivity contribution >= 4 is 84.8 Å². The number of fused-ring (bicyclic) bond motifs is 12. The first kappa shape index (κ1) is 25.0. The minimum atomic E-state index is 0.716. The van der Waals surface area contributed by atoms with E-state index in [0.29, 0.717) is 5.82 Å². The summed E-state index contributed by atoms with van der Waals surface area (Å²) in [6, 6.07) is 49.4. The second-order valence-electron chi connectivity index (χ2n) is 11.3. The van der Waals surface area contributed by atoms with Crippen LogP contribution in [0.4, 0.5) is 0 Å². The monoisotopic (exact) mass is 609 g/mol. The normalized spacial score (nSPS) is 12.0. The van der Waals surface area contributed by atoms with Gasteiger partial charge in [-0.05, 0) is 18.2 Å². The number of hydrogen-bond acceptors (Lipinski definition) is 4. The van der Waals surface area contributed by atoms with Crippen LogP contribution in [0.3, 0.4) is 0 Å². The van der Waals surface area contributed by atoms with Crippen molar-refractivity contribution < 1.29 is 0 Å². The first-order chi connectivity index (χ1) is 22.3. The number of aromatic nitrogens is 3. The van der Waals surface area contributed by atoms with Crippen molar-refractivity contribution in [2.45, 2.75) is 0 Å². The third-order valence-electron chi connectivity index (χ3n) is 8.80. The predicted molar refractivity (Wildman–Crippen MR) is 193 cm³/mol. The van der Waals surface area contributed by atoms with Crippen LogP contribution in [0.25, 0.3) is 90.6 Å². The van der Waals surface area contributed by atoms with E-state index in [1.54, 1.807) is 0 Å². The molecule has 4 aromatic heterocycles. The zero-order valence-corrected chi connectivity index (χ0v) is 25.6. The van der Waals surface area contributed by atoms with Gasteiger partial charge < -0.3 is 0 Å². The molecule has 4 heterocycles. The van der Waals surface area contributed by atoms with E-state index in [1.807, 2.05) is 46.9 Å². The Morgan fingerprint density at radius 3 is 1.73 bits per heavy atom. The summed E-state index contributed by atoms with van der Waals surface area (Å²) in [4.78, 5) is 10.4. The van der Waals surface area contributed by atoms with Gasteiger partial charge in [0.05, 0.1) is 21.4 Å². The molecule has 0 spiro atoms. The van der Waals surface area contributed by atoms with Crippen LogP contribution in [-0.4, -0.2) is 14.5 Å². The van der Waals surface area contributed by atoms with E-state index in [4.69, 9.17) is 9.97 Å². The number of rotatable bonds is 3. The molecule has 0 amide bonds. The van der Waals surface area contributed by atoms with Crippen molar-refractivity contribution in [2.75, 3.05) is 0 Å². The van der Waals surface area contributed by atoms with Gasteiger partial charge in [-0.25, -0.2) is 9.97 Å². The smallest absolute Gasteiger partial charge is 0.162 e. The summed E-state index contributed by atoms with van der Waals surface area (Å²) in [5.74, 6) is 1.58. The molecule has 0 N–H and O–H groups in total. The molecular formula is C40H23N3S2. The summed E-state index contributed by atoms with van der Waals surface area (Å²) in [5.41, 5.74) is 5.33. The molecule has 45 heavy (non-hydrogen) atoms. The number of hydrogen-bond donors (Lipinski definition) is 0. The maximum Gasteiger partial charge on any atom is 0.162 e.